The second-order valence-electron chi connectivity index (χ2n) is 4.76. The van der Waals surface area contributed by atoms with Gasteiger partial charge in [-0.25, -0.2) is 0 Å². The Balaban J connectivity index is 2.03. The lowest BCUT2D eigenvalue weighted by Crippen LogP contribution is -2.36. The van der Waals surface area contributed by atoms with E-state index >= 15 is 0 Å². The van der Waals surface area contributed by atoms with E-state index in [4.69, 9.17) is 14.2 Å². The van der Waals surface area contributed by atoms with E-state index in [0.717, 1.165) is 57.6 Å². The van der Waals surface area contributed by atoms with Crippen LogP contribution >= 0.6 is 15.9 Å². The molecule has 0 radical (unpaired) electrons. The summed E-state index contributed by atoms with van der Waals surface area (Å²) in [5.41, 5.74) is 0.279. The summed E-state index contributed by atoms with van der Waals surface area (Å²) in [4.78, 5) is 0. The van der Waals surface area contributed by atoms with Gasteiger partial charge in [0, 0.05) is 30.6 Å². The lowest BCUT2D eigenvalue weighted by Gasteiger charge is -2.35. The van der Waals surface area contributed by atoms with Crippen LogP contribution in [0.25, 0.3) is 0 Å². The Morgan fingerprint density at radius 3 is 2.47 bits per heavy atom. The standard InChI is InChI=1S/C13H25BrO3/c1-2-3-6-15-9-10-17-12-13(11-14)4-7-16-8-5-13/h2-12H2,1H3. The quantitative estimate of drug-likeness (QED) is 0.484. The molecule has 1 rings (SSSR count). The Labute approximate surface area is 113 Å². The number of hydrogen-bond donors (Lipinski definition) is 0. The van der Waals surface area contributed by atoms with Gasteiger partial charge in [-0.2, -0.15) is 0 Å². The summed E-state index contributed by atoms with van der Waals surface area (Å²) in [6.45, 7) is 7.00. The predicted molar refractivity (Wildman–Crippen MR) is 72.8 cm³/mol. The summed E-state index contributed by atoms with van der Waals surface area (Å²) in [6.07, 6.45) is 4.51. The maximum absolute atomic E-state index is 5.74. The highest BCUT2D eigenvalue weighted by atomic mass is 79.9. The van der Waals surface area contributed by atoms with Gasteiger partial charge in [0.2, 0.25) is 0 Å². The predicted octanol–water partition coefficient (Wildman–Crippen LogP) is 3.01. The Morgan fingerprint density at radius 1 is 1.12 bits per heavy atom. The minimum absolute atomic E-state index is 0.279. The molecule has 1 aliphatic rings. The molecule has 17 heavy (non-hydrogen) atoms. The van der Waals surface area contributed by atoms with E-state index in [2.05, 4.69) is 22.9 Å². The molecule has 3 nitrogen and oxygen atoms in total. The number of halogens is 1. The molecule has 0 unspecified atom stereocenters. The summed E-state index contributed by atoms with van der Waals surface area (Å²) >= 11 is 3.60. The average Bonchev–Trinajstić information content (AvgIpc) is 2.39. The van der Waals surface area contributed by atoms with Crippen molar-refractivity contribution in [2.75, 3.05) is 45.0 Å². The zero-order valence-corrected chi connectivity index (χ0v) is 12.5. The van der Waals surface area contributed by atoms with Crippen molar-refractivity contribution in [3.8, 4) is 0 Å². The fraction of sp³-hybridized carbons (Fsp3) is 1.00. The summed E-state index contributed by atoms with van der Waals surface area (Å²) < 4.78 is 16.6. The molecular formula is C13H25BrO3. The molecule has 102 valence electrons. The van der Waals surface area contributed by atoms with Gasteiger partial charge in [-0.3, -0.25) is 0 Å². The lowest BCUT2D eigenvalue weighted by molar-refractivity contribution is -0.0390. The van der Waals surface area contributed by atoms with Crippen LogP contribution in [0.15, 0.2) is 0 Å². The normalized spacial score (nSPS) is 19.4. The van der Waals surface area contributed by atoms with Crippen LogP contribution in [0.1, 0.15) is 32.6 Å². The third-order valence-electron chi connectivity index (χ3n) is 3.26. The fourth-order valence-electron chi connectivity index (χ4n) is 1.88. The highest BCUT2D eigenvalue weighted by molar-refractivity contribution is 9.09. The molecule has 1 fully saturated rings. The van der Waals surface area contributed by atoms with Crippen LogP contribution in [0.5, 0.6) is 0 Å². The first kappa shape index (κ1) is 15.4. The van der Waals surface area contributed by atoms with Crippen molar-refractivity contribution in [2.24, 2.45) is 5.41 Å². The van der Waals surface area contributed by atoms with Gasteiger partial charge in [0.25, 0.3) is 0 Å². The maximum atomic E-state index is 5.74. The van der Waals surface area contributed by atoms with Gasteiger partial charge in [0.1, 0.15) is 0 Å². The highest BCUT2D eigenvalue weighted by Gasteiger charge is 2.31. The fourth-order valence-corrected chi connectivity index (χ4v) is 2.60. The molecule has 0 N–H and O–H groups in total. The van der Waals surface area contributed by atoms with Gasteiger partial charge < -0.3 is 14.2 Å². The lowest BCUT2D eigenvalue weighted by atomic mass is 9.83. The molecule has 0 saturated carbocycles. The van der Waals surface area contributed by atoms with Crippen LogP contribution in [-0.4, -0.2) is 45.0 Å². The summed E-state index contributed by atoms with van der Waals surface area (Å²) in [6, 6.07) is 0. The molecule has 0 aliphatic carbocycles. The molecule has 0 atom stereocenters. The van der Waals surface area contributed by atoms with Gasteiger partial charge in [0.05, 0.1) is 19.8 Å². The van der Waals surface area contributed by atoms with Crippen molar-refractivity contribution < 1.29 is 14.2 Å². The van der Waals surface area contributed by atoms with E-state index in [0.29, 0.717) is 6.61 Å². The Hall–Kier alpha value is 0.360. The molecule has 0 spiro atoms. The van der Waals surface area contributed by atoms with Crippen molar-refractivity contribution in [1.82, 2.24) is 0 Å². The summed E-state index contributed by atoms with van der Waals surface area (Å²) in [5.74, 6) is 0. The van der Waals surface area contributed by atoms with Gasteiger partial charge in [0.15, 0.2) is 0 Å². The largest absolute Gasteiger partial charge is 0.381 e. The maximum Gasteiger partial charge on any atom is 0.0700 e. The molecule has 0 aromatic heterocycles. The van der Waals surface area contributed by atoms with Crippen molar-refractivity contribution in [3.63, 3.8) is 0 Å². The van der Waals surface area contributed by atoms with Crippen LogP contribution in [0.2, 0.25) is 0 Å². The zero-order valence-electron chi connectivity index (χ0n) is 10.9. The molecule has 1 saturated heterocycles. The van der Waals surface area contributed by atoms with Gasteiger partial charge in [-0.15, -0.1) is 0 Å². The first-order valence-corrected chi connectivity index (χ1v) is 7.74. The Morgan fingerprint density at radius 2 is 1.82 bits per heavy atom. The summed E-state index contributed by atoms with van der Waals surface area (Å²) in [7, 11) is 0. The van der Waals surface area contributed by atoms with Crippen molar-refractivity contribution in [2.45, 2.75) is 32.6 Å². The monoisotopic (exact) mass is 308 g/mol. The number of alkyl halides is 1. The molecule has 0 amide bonds. The molecule has 0 aromatic rings. The van der Waals surface area contributed by atoms with Gasteiger partial charge in [-0.05, 0) is 19.3 Å². The van der Waals surface area contributed by atoms with Crippen LogP contribution in [-0.2, 0) is 14.2 Å². The molecule has 1 aliphatic heterocycles. The molecule has 0 bridgehead atoms. The van der Waals surface area contributed by atoms with Crippen LogP contribution in [0.4, 0.5) is 0 Å². The third kappa shape index (κ3) is 6.18. The Kier molecular flexibility index (Phi) is 8.44. The minimum atomic E-state index is 0.279. The van der Waals surface area contributed by atoms with E-state index in [1.165, 1.54) is 6.42 Å². The van der Waals surface area contributed by atoms with Gasteiger partial charge >= 0.3 is 0 Å². The second kappa shape index (κ2) is 9.31. The van der Waals surface area contributed by atoms with E-state index in [9.17, 15) is 0 Å². The number of unbranched alkanes of at least 4 members (excludes halogenated alkanes) is 1. The van der Waals surface area contributed by atoms with Crippen molar-refractivity contribution >= 4 is 15.9 Å². The zero-order chi connectivity index (χ0) is 12.4. The SMILES string of the molecule is CCCCOCCOCC1(CBr)CCOCC1. The molecule has 4 heteroatoms. The topological polar surface area (TPSA) is 27.7 Å². The minimum Gasteiger partial charge on any atom is -0.381 e. The van der Waals surface area contributed by atoms with E-state index in [1.54, 1.807) is 0 Å². The number of ether oxygens (including phenoxy) is 3. The highest BCUT2D eigenvalue weighted by Crippen LogP contribution is 2.32. The second-order valence-corrected chi connectivity index (χ2v) is 5.33. The van der Waals surface area contributed by atoms with E-state index in [-0.39, 0.29) is 5.41 Å². The third-order valence-corrected chi connectivity index (χ3v) is 4.45. The molecular weight excluding hydrogens is 284 g/mol. The van der Waals surface area contributed by atoms with E-state index < -0.39 is 0 Å². The summed E-state index contributed by atoms with van der Waals surface area (Å²) in [5, 5.41) is 1.00. The number of hydrogen-bond acceptors (Lipinski definition) is 3. The smallest absolute Gasteiger partial charge is 0.0700 e. The van der Waals surface area contributed by atoms with Crippen molar-refractivity contribution in [1.29, 1.82) is 0 Å². The van der Waals surface area contributed by atoms with Gasteiger partial charge in [-0.1, -0.05) is 29.3 Å². The average molecular weight is 309 g/mol. The van der Waals surface area contributed by atoms with E-state index in [1.807, 2.05) is 0 Å². The van der Waals surface area contributed by atoms with Crippen molar-refractivity contribution in [3.05, 3.63) is 0 Å². The first-order valence-electron chi connectivity index (χ1n) is 6.62. The molecule has 0 aromatic carbocycles. The Bertz CT molecular complexity index is 182. The van der Waals surface area contributed by atoms with Crippen LogP contribution < -0.4 is 0 Å². The molecule has 1 heterocycles. The van der Waals surface area contributed by atoms with Crippen LogP contribution in [0, 0.1) is 5.41 Å². The first-order chi connectivity index (χ1) is 8.33. The van der Waals surface area contributed by atoms with Crippen LogP contribution in [0.3, 0.4) is 0 Å². The number of rotatable bonds is 9.